The van der Waals surface area contributed by atoms with Gasteiger partial charge >= 0.3 is 0 Å². The van der Waals surface area contributed by atoms with Crippen LogP contribution in [0, 0.1) is 0 Å². The van der Waals surface area contributed by atoms with Crippen molar-refractivity contribution in [3.63, 3.8) is 0 Å². The van der Waals surface area contributed by atoms with Crippen LogP contribution in [-0.2, 0) is 9.53 Å². The topological polar surface area (TPSA) is 61.8 Å². The first-order chi connectivity index (χ1) is 9.12. The molecule has 0 aliphatic carbocycles. The third-order valence-electron chi connectivity index (χ3n) is 2.65. The molecule has 0 amide bonds. The Balaban J connectivity index is 2.82. The average molecular weight is 266 g/mol. The van der Waals surface area contributed by atoms with Crippen molar-refractivity contribution in [1.29, 1.82) is 0 Å². The minimum atomic E-state index is -0.281. The van der Waals surface area contributed by atoms with Crippen LogP contribution in [0.4, 0.5) is 0 Å². The number of rotatable bonds is 8. The molecule has 1 rings (SSSR count). The second kappa shape index (κ2) is 7.53. The number of carbonyl (C=O) groups is 2. The molecule has 0 spiro atoms. The Labute approximate surface area is 112 Å². The summed E-state index contributed by atoms with van der Waals surface area (Å²) in [5.74, 6) is 0.549. The van der Waals surface area contributed by atoms with Gasteiger partial charge in [0.25, 0.3) is 0 Å². The number of ether oxygens (including phenoxy) is 3. The van der Waals surface area contributed by atoms with E-state index < -0.39 is 0 Å². The van der Waals surface area contributed by atoms with E-state index >= 15 is 0 Å². The van der Waals surface area contributed by atoms with Crippen LogP contribution >= 0.6 is 0 Å². The van der Waals surface area contributed by atoms with Crippen LogP contribution in [0.25, 0.3) is 0 Å². The molecule has 0 atom stereocenters. The molecule has 104 valence electrons. The van der Waals surface area contributed by atoms with Gasteiger partial charge in [0.1, 0.15) is 17.3 Å². The van der Waals surface area contributed by atoms with Gasteiger partial charge in [-0.25, -0.2) is 0 Å². The summed E-state index contributed by atoms with van der Waals surface area (Å²) in [6.07, 6.45) is 0.0708. The van der Waals surface area contributed by atoms with E-state index in [1.54, 1.807) is 18.2 Å². The van der Waals surface area contributed by atoms with Gasteiger partial charge in [0.2, 0.25) is 0 Å². The third kappa shape index (κ3) is 4.37. The van der Waals surface area contributed by atoms with Crippen molar-refractivity contribution in [3.05, 3.63) is 23.8 Å². The molecule has 0 unspecified atom stereocenters. The van der Waals surface area contributed by atoms with E-state index in [0.717, 1.165) is 0 Å². The maximum atomic E-state index is 12.1. The molecule has 0 saturated heterocycles. The Bertz CT molecular complexity index is 453. The highest BCUT2D eigenvalue weighted by atomic mass is 16.5. The third-order valence-corrected chi connectivity index (χ3v) is 2.65. The molecule has 5 nitrogen and oxygen atoms in total. The lowest BCUT2D eigenvalue weighted by atomic mass is 10.0. The van der Waals surface area contributed by atoms with E-state index in [1.165, 1.54) is 21.3 Å². The zero-order chi connectivity index (χ0) is 14.3. The molecule has 0 fully saturated rings. The molecule has 0 saturated carbocycles. The molecule has 0 radical (unpaired) electrons. The van der Waals surface area contributed by atoms with Crippen LogP contribution < -0.4 is 9.47 Å². The smallest absolute Gasteiger partial charge is 0.174 e. The predicted octanol–water partition coefficient (Wildman–Crippen LogP) is 1.88. The molecule has 0 aliphatic rings. The monoisotopic (exact) mass is 266 g/mol. The average Bonchev–Trinajstić information content (AvgIpc) is 2.44. The second-order valence-electron chi connectivity index (χ2n) is 3.95. The molecule has 5 heteroatoms. The van der Waals surface area contributed by atoms with Crippen molar-refractivity contribution in [1.82, 2.24) is 0 Å². The summed E-state index contributed by atoms with van der Waals surface area (Å²) in [4.78, 5) is 23.6. The van der Waals surface area contributed by atoms with Crippen molar-refractivity contribution in [2.45, 2.75) is 12.8 Å². The van der Waals surface area contributed by atoms with E-state index in [4.69, 9.17) is 14.2 Å². The van der Waals surface area contributed by atoms with Gasteiger partial charge < -0.3 is 14.2 Å². The fourth-order valence-electron chi connectivity index (χ4n) is 1.61. The van der Waals surface area contributed by atoms with Crippen molar-refractivity contribution >= 4 is 11.6 Å². The summed E-state index contributed by atoms with van der Waals surface area (Å²) in [6.45, 7) is 0.321. The lowest BCUT2D eigenvalue weighted by Gasteiger charge is -2.09. The minimum absolute atomic E-state index is 0.156. The molecule has 0 bridgehead atoms. The molecule has 0 N–H and O–H groups in total. The lowest BCUT2D eigenvalue weighted by Crippen LogP contribution is -2.11. The van der Waals surface area contributed by atoms with Crippen molar-refractivity contribution in [2.75, 3.05) is 27.9 Å². The van der Waals surface area contributed by atoms with E-state index in [2.05, 4.69) is 0 Å². The van der Waals surface area contributed by atoms with Gasteiger partial charge in [-0.2, -0.15) is 0 Å². The van der Waals surface area contributed by atoms with Gasteiger partial charge in [-0.05, 0) is 18.2 Å². The molecule has 0 aromatic heterocycles. The highest BCUT2D eigenvalue weighted by Crippen LogP contribution is 2.25. The number of methoxy groups -OCH3 is 3. The van der Waals surface area contributed by atoms with Crippen LogP contribution in [-0.4, -0.2) is 39.5 Å². The summed E-state index contributed by atoms with van der Waals surface area (Å²) in [6, 6.07) is 4.92. The standard InChI is InChI=1S/C14H18O5/c1-17-7-6-10(15)8-13(16)12-9-11(18-2)4-5-14(12)19-3/h4-5,9H,6-8H2,1-3H3. The number of Topliss-reactive ketones (excluding diaryl/α,β-unsaturated/α-hetero) is 2. The number of carbonyl (C=O) groups excluding carboxylic acids is 2. The van der Waals surface area contributed by atoms with Crippen LogP contribution in [0.3, 0.4) is 0 Å². The SMILES string of the molecule is COCCC(=O)CC(=O)c1cc(OC)ccc1OC. The maximum absolute atomic E-state index is 12.1. The van der Waals surface area contributed by atoms with Crippen LogP contribution in [0.15, 0.2) is 18.2 Å². The normalized spacial score (nSPS) is 10.1. The molecular formula is C14H18O5. The lowest BCUT2D eigenvalue weighted by molar-refractivity contribution is -0.119. The number of ketones is 2. The van der Waals surface area contributed by atoms with E-state index in [0.29, 0.717) is 23.7 Å². The van der Waals surface area contributed by atoms with Gasteiger partial charge in [-0.3, -0.25) is 9.59 Å². The first kappa shape index (κ1) is 15.2. The Morgan fingerprint density at radius 3 is 2.42 bits per heavy atom. The first-order valence-electron chi connectivity index (χ1n) is 5.88. The summed E-state index contributed by atoms with van der Waals surface area (Å²) in [7, 11) is 4.51. The summed E-state index contributed by atoms with van der Waals surface area (Å²) in [5.41, 5.74) is 0.354. The predicted molar refractivity (Wildman–Crippen MR) is 70.0 cm³/mol. The Hall–Kier alpha value is -1.88. The fraction of sp³-hybridized carbons (Fsp3) is 0.429. The molecular weight excluding hydrogens is 248 g/mol. The molecule has 1 aromatic rings. The molecule has 0 heterocycles. The number of hydrogen-bond acceptors (Lipinski definition) is 5. The Morgan fingerprint density at radius 1 is 1.11 bits per heavy atom. The van der Waals surface area contributed by atoms with Crippen molar-refractivity contribution < 1.29 is 23.8 Å². The fourth-order valence-corrected chi connectivity index (χ4v) is 1.61. The number of hydrogen-bond donors (Lipinski definition) is 0. The Morgan fingerprint density at radius 2 is 1.84 bits per heavy atom. The van der Waals surface area contributed by atoms with Crippen LogP contribution in [0.5, 0.6) is 11.5 Å². The second-order valence-corrected chi connectivity index (χ2v) is 3.95. The van der Waals surface area contributed by atoms with Gasteiger partial charge in [-0.1, -0.05) is 0 Å². The summed E-state index contributed by atoms with van der Waals surface area (Å²) >= 11 is 0. The zero-order valence-corrected chi connectivity index (χ0v) is 11.4. The number of benzene rings is 1. The maximum Gasteiger partial charge on any atom is 0.174 e. The van der Waals surface area contributed by atoms with Gasteiger partial charge in [-0.15, -0.1) is 0 Å². The van der Waals surface area contributed by atoms with Crippen LogP contribution in [0.2, 0.25) is 0 Å². The summed E-state index contributed by atoms with van der Waals surface area (Å²) < 4.78 is 15.0. The van der Waals surface area contributed by atoms with E-state index in [-0.39, 0.29) is 24.4 Å². The van der Waals surface area contributed by atoms with Gasteiger partial charge in [0.05, 0.1) is 32.8 Å². The molecule has 0 aliphatic heterocycles. The highest BCUT2D eigenvalue weighted by Gasteiger charge is 2.16. The van der Waals surface area contributed by atoms with Gasteiger partial charge in [0, 0.05) is 13.5 Å². The van der Waals surface area contributed by atoms with Gasteiger partial charge in [0.15, 0.2) is 5.78 Å². The zero-order valence-electron chi connectivity index (χ0n) is 11.4. The first-order valence-corrected chi connectivity index (χ1v) is 5.88. The summed E-state index contributed by atoms with van der Waals surface area (Å²) in [5, 5.41) is 0. The van der Waals surface area contributed by atoms with E-state index in [1.807, 2.05) is 0 Å². The van der Waals surface area contributed by atoms with Crippen molar-refractivity contribution in [3.8, 4) is 11.5 Å². The van der Waals surface area contributed by atoms with Crippen molar-refractivity contribution in [2.24, 2.45) is 0 Å². The molecule has 19 heavy (non-hydrogen) atoms. The quantitative estimate of drug-likeness (QED) is 0.531. The largest absolute Gasteiger partial charge is 0.497 e. The Kier molecular flexibility index (Phi) is 6.02. The highest BCUT2D eigenvalue weighted by molar-refractivity contribution is 6.09. The minimum Gasteiger partial charge on any atom is -0.497 e. The van der Waals surface area contributed by atoms with E-state index in [9.17, 15) is 9.59 Å². The van der Waals surface area contributed by atoms with Crippen LogP contribution in [0.1, 0.15) is 23.2 Å². The molecule has 1 aromatic carbocycles.